The Bertz CT molecular complexity index is 1160. The van der Waals surface area contributed by atoms with Crippen LogP contribution in [0.25, 0.3) is 0 Å². The molecule has 2 aliphatic rings. The number of nitrogens with zero attached hydrogens (tertiary/aromatic N) is 1. The van der Waals surface area contributed by atoms with Crippen LogP contribution in [0, 0.1) is 12.7 Å². The molecule has 2 aromatic carbocycles. The van der Waals surface area contributed by atoms with E-state index in [0.29, 0.717) is 6.54 Å². The van der Waals surface area contributed by atoms with Crippen LogP contribution in [0.2, 0.25) is 0 Å². The summed E-state index contributed by atoms with van der Waals surface area (Å²) >= 11 is 0. The van der Waals surface area contributed by atoms with Crippen LogP contribution in [-0.4, -0.2) is 64.2 Å². The lowest BCUT2D eigenvalue weighted by molar-refractivity contribution is 0.234. The first-order valence-corrected chi connectivity index (χ1v) is 14.3. The third kappa shape index (κ3) is 4.90. The van der Waals surface area contributed by atoms with Gasteiger partial charge in [0.15, 0.2) is 19.7 Å². The van der Waals surface area contributed by atoms with Gasteiger partial charge in [0, 0.05) is 18.6 Å². The van der Waals surface area contributed by atoms with E-state index >= 15 is 0 Å². The second-order valence-electron chi connectivity index (χ2n) is 8.75. The SMILES string of the molecule is Cc1cc(F)ccc1S(=O)(=O)[C@H]1CS(=O)(=O)C[C@@H]1NCC(c1ccccc1)N1CCCC1. The summed E-state index contributed by atoms with van der Waals surface area (Å²) in [7, 11) is -7.48. The molecule has 6 nitrogen and oxygen atoms in total. The molecular weight excluding hydrogens is 451 g/mol. The first-order chi connectivity index (χ1) is 15.2. The molecule has 0 saturated carbocycles. The minimum Gasteiger partial charge on any atom is -0.310 e. The van der Waals surface area contributed by atoms with Crippen molar-refractivity contribution in [2.45, 2.75) is 42.0 Å². The van der Waals surface area contributed by atoms with Gasteiger partial charge < -0.3 is 5.32 Å². The number of sulfone groups is 2. The molecule has 4 rings (SSSR count). The van der Waals surface area contributed by atoms with Gasteiger partial charge in [0.1, 0.15) is 5.82 Å². The molecule has 9 heteroatoms. The van der Waals surface area contributed by atoms with Crippen molar-refractivity contribution in [1.29, 1.82) is 0 Å². The molecule has 0 bridgehead atoms. The topological polar surface area (TPSA) is 83.5 Å². The van der Waals surface area contributed by atoms with E-state index in [4.69, 9.17) is 0 Å². The minimum atomic E-state index is -3.96. The molecule has 3 atom stereocenters. The van der Waals surface area contributed by atoms with E-state index in [1.54, 1.807) is 0 Å². The fourth-order valence-corrected chi connectivity index (χ4v) is 9.80. The molecule has 0 radical (unpaired) electrons. The maximum absolute atomic E-state index is 13.5. The zero-order valence-electron chi connectivity index (χ0n) is 18.1. The summed E-state index contributed by atoms with van der Waals surface area (Å²) < 4.78 is 65.2. The normalized spacial score (nSPS) is 24.6. The van der Waals surface area contributed by atoms with Crippen LogP contribution in [0.5, 0.6) is 0 Å². The van der Waals surface area contributed by atoms with Gasteiger partial charge >= 0.3 is 0 Å². The van der Waals surface area contributed by atoms with E-state index in [1.807, 2.05) is 30.3 Å². The number of aryl methyl sites for hydroxylation is 1. The molecule has 0 spiro atoms. The Kier molecular flexibility index (Phi) is 6.72. The van der Waals surface area contributed by atoms with Crippen LogP contribution in [0.3, 0.4) is 0 Å². The van der Waals surface area contributed by atoms with Crippen LogP contribution >= 0.6 is 0 Å². The molecule has 2 fully saturated rings. The van der Waals surface area contributed by atoms with Crippen molar-refractivity contribution in [3.8, 4) is 0 Å². The number of likely N-dealkylation sites (tertiary alicyclic amines) is 1. The van der Waals surface area contributed by atoms with E-state index in [1.165, 1.54) is 13.0 Å². The molecule has 174 valence electrons. The molecule has 1 unspecified atom stereocenters. The monoisotopic (exact) mass is 480 g/mol. The summed E-state index contributed by atoms with van der Waals surface area (Å²) in [4.78, 5) is 2.35. The molecule has 2 aliphatic heterocycles. The summed E-state index contributed by atoms with van der Waals surface area (Å²) in [6.45, 7) is 3.90. The highest BCUT2D eigenvalue weighted by Crippen LogP contribution is 2.30. The van der Waals surface area contributed by atoms with Gasteiger partial charge in [0.25, 0.3) is 0 Å². The van der Waals surface area contributed by atoms with Gasteiger partial charge in [-0.15, -0.1) is 0 Å². The molecular formula is C23H29FN2O4S2. The third-order valence-corrected chi connectivity index (χ3v) is 10.8. The lowest BCUT2D eigenvalue weighted by Gasteiger charge is -2.30. The Morgan fingerprint density at radius 2 is 1.78 bits per heavy atom. The maximum Gasteiger partial charge on any atom is 0.184 e. The van der Waals surface area contributed by atoms with Crippen molar-refractivity contribution in [1.82, 2.24) is 10.2 Å². The van der Waals surface area contributed by atoms with Crippen molar-refractivity contribution >= 4 is 19.7 Å². The zero-order chi connectivity index (χ0) is 22.9. The quantitative estimate of drug-likeness (QED) is 0.613. The van der Waals surface area contributed by atoms with Gasteiger partial charge in [-0.1, -0.05) is 30.3 Å². The number of rotatable bonds is 7. The van der Waals surface area contributed by atoms with Crippen LogP contribution in [0.15, 0.2) is 53.4 Å². The molecule has 0 amide bonds. The first-order valence-electron chi connectivity index (χ1n) is 10.9. The third-order valence-electron chi connectivity index (χ3n) is 6.48. The maximum atomic E-state index is 13.5. The molecule has 2 heterocycles. The van der Waals surface area contributed by atoms with Gasteiger partial charge in [0.2, 0.25) is 0 Å². The van der Waals surface area contributed by atoms with Crippen LogP contribution in [0.1, 0.15) is 30.0 Å². The molecule has 1 N–H and O–H groups in total. The predicted octanol–water partition coefficient (Wildman–Crippen LogP) is 2.50. The van der Waals surface area contributed by atoms with E-state index in [2.05, 4.69) is 10.2 Å². The molecule has 2 saturated heterocycles. The standard InChI is InChI=1S/C23H29FN2O4S2/c1-17-13-19(24)9-10-22(17)32(29,30)23-16-31(27,28)15-20(23)25-14-21(26-11-5-6-12-26)18-7-3-2-4-8-18/h2-4,7-10,13,20-21,23,25H,5-6,11-12,14-16H2,1H3/t20-,21?,23-/m0/s1. The van der Waals surface area contributed by atoms with Crippen molar-refractivity contribution in [2.75, 3.05) is 31.1 Å². The highest BCUT2D eigenvalue weighted by molar-refractivity contribution is 7.96. The number of nitrogens with one attached hydrogen (secondary N) is 1. The second-order valence-corrected chi connectivity index (χ2v) is 13.0. The van der Waals surface area contributed by atoms with Gasteiger partial charge in [0.05, 0.1) is 21.7 Å². The Hall–Kier alpha value is -1.81. The van der Waals surface area contributed by atoms with Crippen LogP contribution in [0.4, 0.5) is 4.39 Å². The summed E-state index contributed by atoms with van der Waals surface area (Å²) in [6, 6.07) is 12.8. The van der Waals surface area contributed by atoms with E-state index in [0.717, 1.165) is 43.6 Å². The van der Waals surface area contributed by atoms with Crippen molar-refractivity contribution in [3.05, 3.63) is 65.5 Å². The Labute approximate surface area is 189 Å². The first kappa shape index (κ1) is 23.4. The highest BCUT2D eigenvalue weighted by Gasteiger charge is 2.46. The molecule has 0 aromatic heterocycles. The van der Waals surface area contributed by atoms with E-state index in [-0.39, 0.29) is 22.3 Å². The Balaban J connectivity index is 1.59. The average molecular weight is 481 g/mol. The number of hydrogen-bond acceptors (Lipinski definition) is 6. The Morgan fingerprint density at radius 1 is 1.09 bits per heavy atom. The highest BCUT2D eigenvalue weighted by atomic mass is 32.2. The van der Waals surface area contributed by atoms with Gasteiger partial charge in [-0.2, -0.15) is 0 Å². The summed E-state index contributed by atoms with van der Waals surface area (Å²) in [5.74, 6) is -1.17. The van der Waals surface area contributed by atoms with Gasteiger partial charge in [-0.05, 0) is 62.2 Å². The summed E-state index contributed by atoms with van der Waals surface area (Å²) in [5.41, 5.74) is 1.41. The Morgan fingerprint density at radius 3 is 2.44 bits per heavy atom. The van der Waals surface area contributed by atoms with Crippen molar-refractivity contribution in [3.63, 3.8) is 0 Å². The number of halogens is 1. The smallest absolute Gasteiger partial charge is 0.184 e. The molecule has 0 aliphatic carbocycles. The zero-order valence-corrected chi connectivity index (χ0v) is 19.7. The lowest BCUT2D eigenvalue weighted by atomic mass is 10.0. The van der Waals surface area contributed by atoms with Gasteiger partial charge in [-0.25, -0.2) is 21.2 Å². The minimum absolute atomic E-state index is 0.00745. The largest absolute Gasteiger partial charge is 0.310 e. The van der Waals surface area contributed by atoms with Crippen molar-refractivity contribution < 1.29 is 21.2 Å². The fourth-order valence-electron chi connectivity index (χ4n) is 4.86. The van der Waals surface area contributed by atoms with Crippen LogP contribution < -0.4 is 5.32 Å². The number of benzene rings is 2. The van der Waals surface area contributed by atoms with Gasteiger partial charge in [-0.3, -0.25) is 4.90 Å². The number of hydrogen-bond donors (Lipinski definition) is 1. The average Bonchev–Trinajstić information content (AvgIpc) is 3.37. The summed E-state index contributed by atoms with van der Waals surface area (Å²) in [5, 5.41) is 2.19. The fraction of sp³-hybridized carbons (Fsp3) is 0.478. The lowest BCUT2D eigenvalue weighted by Crippen LogP contribution is -2.46. The van der Waals surface area contributed by atoms with E-state index < -0.39 is 42.5 Å². The molecule has 32 heavy (non-hydrogen) atoms. The predicted molar refractivity (Wildman–Crippen MR) is 123 cm³/mol. The van der Waals surface area contributed by atoms with E-state index in [9.17, 15) is 21.2 Å². The molecule has 2 aromatic rings. The van der Waals surface area contributed by atoms with Crippen molar-refractivity contribution in [2.24, 2.45) is 0 Å². The second kappa shape index (κ2) is 9.21. The van der Waals surface area contributed by atoms with Crippen LogP contribution in [-0.2, 0) is 19.7 Å². The summed E-state index contributed by atoms with van der Waals surface area (Å²) in [6.07, 6.45) is 2.23.